The Balaban J connectivity index is 1.49. The number of fused-ring (bicyclic) bond motifs is 2. The molecular formula is C29H25N3O6. The van der Waals surface area contributed by atoms with E-state index in [0.29, 0.717) is 77.3 Å². The lowest BCUT2D eigenvalue weighted by atomic mass is 9.86. The molecule has 1 aliphatic heterocycles. The molecule has 0 unspecified atom stereocenters. The van der Waals surface area contributed by atoms with Gasteiger partial charge < -0.3 is 24.6 Å². The topological polar surface area (TPSA) is 122 Å². The highest BCUT2D eigenvalue weighted by atomic mass is 16.5. The molecule has 1 aliphatic carbocycles. The van der Waals surface area contributed by atoms with Gasteiger partial charge in [-0.15, -0.1) is 0 Å². The van der Waals surface area contributed by atoms with Crippen LogP contribution in [0.2, 0.25) is 0 Å². The normalized spacial score (nSPS) is 14.9. The number of carboxylic acid groups (broad SMARTS) is 1. The fraction of sp³-hybridized carbons (Fsp3) is 0.241. The quantitative estimate of drug-likeness (QED) is 0.294. The van der Waals surface area contributed by atoms with E-state index in [9.17, 15) is 19.5 Å². The summed E-state index contributed by atoms with van der Waals surface area (Å²) < 4.78 is 11.1. The van der Waals surface area contributed by atoms with Crippen molar-refractivity contribution in [3.8, 4) is 11.3 Å². The number of hydrogen-bond acceptors (Lipinski definition) is 8. The summed E-state index contributed by atoms with van der Waals surface area (Å²) >= 11 is 0. The molecule has 4 aromatic rings. The first-order valence-corrected chi connectivity index (χ1v) is 12.6. The number of rotatable bonds is 6. The van der Waals surface area contributed by atoms with Crippen LogP contribution in [0.5, 0.6) is 0 Å². The van der Waals surface area contributed by atoms with Crippen LogP contribution in [0.1, 0.15) is 46.0 Å². The average molecular weight is 512 g/mol. The Kier molecular flexibility index (Phi) is 5.83. The number of para-hydroxylation sites is 1. The van der Waals surface area contributed by atoms with E-state index in [1.807, 2.05) is 18.2 Å². The Morgan fingerprint density at radius 1 is 1.08 bits per heavy atom. The lowest BCUT2D eigenvalue weighted by molar-refractivity contribution is -0.148. The van der Waals surface area contributed by atoms with E-state index in [1.165, 1.54) is 6.07 Å². The van der Waals surface area contributed by atoms with Crippen molar-refractivity contribution in [1.82, 2.24) is 5.16 Å². The second-order valence-electron chi connectivity index (χ2n) is 9.42. The summed E-state index contributed by atoms with van der Waals surface area (Å²) in [6.45, 7) is 3.34. The van der Waals surface area contributed by atoms with Crippen LogP contribution in [-0.2, 0) is 9.53 Å². The number of carbonyl (C=O) groups excluding carboxylic acids is 2. The van der Waals surface area contributed by atoms with E-state index in [4.69, 9.17) is 9.26 Å². The fourth-order valence-electron chi connectivity index (χ4n) is 5.42. The van der Waals surface area contributed by atoms with Gasteiger partial charge in [0.2, 0.25) is 0 Å². The number of carboxylic acids is 1. The molecule has 2 N–H and O–H groups in total. The predicted molar refractivity (Wildman–Crippen MR) is 141 cm³/mol. The number of ether oxygens (including phenoxy) is 1. The highest BCUT2D eigenvalue weighted by Crippen LogP contribution is 2.47. The molecule has 2 heterocycles. The molecule has 1 aromatic heterocycles. The summed E-state index contributed by atoms with van der Waals surface area (Å²) in [7, 11) is 0. The first-order valence-electron chi connectivity index (χ1n) is 12.6. The molecule has 6 rings (SSSR count). The number of hydrogen-bond donors (Lipinski definition) is 2. The number of aromatic carboxylic acids is 1. The van der Waals surface area contributed by atoms with Gasteiger partial charge in [-0.25, -0.2) is 4.79 Å². The van der Waals surface area contributed by atoms with Crippen molar-refractivity contribution in [3.63, 3.8) is 0 Å². The summed E-state index contributed by atoms with van der Waals surface area (Å²) in [6, 6.07) is 15.6. The number of benzene rings is 3. The van der Waals surface area contributed by atoms with Crippen LogP contribution >= 0.6 is 0 Å². The summed E-state index contributed by atoms with van der Waals surface area (Å²) in [5, 5.41) is 17.9. The summed E-state index contributed by atoms with van der Waals surface area (Å²) in [5.41, 5.74) is 3.79. The average Bonchev–Trinajstić information content (AvgIpc) is 3.38. The third-order valence-corrected chi connectivity index (χ3v) is 7.26. The smallest absolute Gasteiger partial charge is 0.337 e. The van der Waals surface area contributed by atoms with Crippen molar-refractivity contribution >= 4 is 45.7 Å². The maximum Gasteiger partial charge on any atom is 0.337 e. The van der Waals surface area contributed by atoms with Gasteiger partial charge in [-0.1, -0.05) is 41.6 Å². The van der Waals surface area contributed by atoms with Gasteiger partial charge >= 0.3 is 11.9 Å². The van der Waals surface area contributed by atoms with Crippen molar-refractivity contribution in [2.75, 3.05) is 29.9 Å². The Bertz CT molecular complexity index is 1600. The van der Waals surface area contributed by atoms with Crippen LogP contribution in [0.25, 0.3) is 22.2 Å². The number of ketones is 1. The maximum absolute atomic E-state index is 13.8. The van der Waals surface area contributed by atoms with Crippen molar-refractivity contribution in [2.45, 2.75) is 19.8 Å². The number of piperidine rings is 1. The minimum absolute atomic E-state index is 0.0887. The number of aromatic nitrogens is 1. The molecule has 0 radical (unpaired) electrons. The molecule has 9 heteroatoms. The minimum Gasteiger partial charge on any atom is -0.478 e. The SMILES string of the molecule is CCOC(=O)C1CCN(c2cc(Nc3ccccc3C(=O)O)c3c4c(onc24)-c2ccccc2C3=O)CC1. The number of anilines is 3. The van der Waals surface area contributed by atoms with E-state index < -0.39 is 5.97 Å². The molecule has 0 bridgehead atoms. The van der Waals surface area contributed by atoms with Crippen LogP contribution in [-0.4, -0.2) is 47.7 Å². The van der Waals surface area contributed by atoms with Crippen LogP contribution in [0.4, 0.5) is 17.1 Å². The van der Waals surface area contributed by atoms with Gasteiger partial charge in [-0.05, 0) is 38.0 Å². The maximum atomic E-state index is 13.8. The van der Waals surface area contributed by atoms with Crippen molar-refractivity contribution in [2.24, 2.45) is 5.92 Å². The number of nitrogens with one attached hydrogen (secondary N) is 1. The summed E-state index contributed by atoms with van der Waals surface area (Å²) in [6.07, 6.45) is 1.25. The predicted octanol–water partition coefficient (Wildman–Crippen LogP) is 5.26. The lowest BCUT2D eigenvalue weighted by Gasteiger charge is -2.33. The fourth-order valence-corrected chi connectivity index (χ4v) is 5.42. The van der Waals surface area contributed by atoms with Crippen LogP contribution in [0.15, 0.2) is 59.1 Å². The second kappa shape index (κ2) is 9.33. The number of esters is 1. The Morgan fingerprint density at radius 3 is 2.53 bits per heavy atom. The van der Waals surface area contributed by atoms with Crippen molar-refractivity contribution in [3.05, 3.63) is 71.3 Å². The summed E-state index contributed by atoms with van der Waals surface area (Å²) in [4.78, 5) is 40.1. The zero-order valence-electron chi connectivity index (χ0n) is 20.7. The molecule has 3 aromatic carbocycles. The monoisotopic (exact) mass is 511 g/mol. The molecule has 2 aliphatic rings. The Morgan fingerprint density at radius 2 is 1.79 bits per heavy atom. The van der Waals surface area contributed by atoms with Crippen molar-refractivity contribution in [1.29, 1.82) is 0 Å². The van der Waals surface area contributed by atoms with Crippen molar-refractivity contribution < 1.29 is 28.8 Å². The van der Waals surface area contributed by atoms with Gasteiger partial charge in [-0.3, -0.25) is 9.59 Å². The van der Waals surface area contributed by atoms with E-state index in [2.05, 4.69) is 15.4 Å². The Hall–Kier alpha value is -4.66. The summed E-state index contributed by atoms with van der Waals surface area (Å²) in [5.74, 6) is -1.11. The standard InChI is InChI=1S/C29H25N3O6/c1-2-37-29(36)16-11-13-32(14-12-16)22-15-21(30-20-10-6-5-9-19(20)28(34)35)23-24-25(22)31-38-27(24)18-8-4-3-7-17(18)26(23)33/h3-10,15-16,30H,2,11-14H2,1H3,(H,34,35). The van der Waals surface area contributed by atoms with E-state index >= 15 is 0 Å². The molecule has 192 valence electrons. The van der Waals surface area contributed by atoms with E-state index in [1.54, 1.807) is 37.3 Å². The molecule has 0 spiro atoms. The Labute approximate surface area is 218 Å². The highest BCUT2D eigenvalue weighted by Gasteiger charge is 2.35. The molecule has 1 saturated heterocycles. The number of nitrogens with zero attached hydrogens (tertiary/aromatic N) is 2. The van der Waals surface area contributed by atoms with Gasteiger partial charge in [-0.2, -0.15) is 0 Å². The molecule has 9 nitrogen and oxygen atoms in total. The van der Waals surface area contributed by atoms with Crippen LogP contribution in [0, 0.1) is 5.92 Å². The zero-order chi connectivity index (χ0) is 26.4. The van der Waals surface area contributed by atoms with Gasteiger partial charge in [0.15, 0.2) is 11.5 Å². The van der Waals surface area contributed by atoms with Crippen LogP contribution in [0.3, 0.4) is 0 Å². The largest absolute Gasteiger partial charge is 0.478 e. The van der Waals surface area contributed by atoms with E-state index in [-0.39, 0.29) is 23.2 Å². The molecule has 38 heavy (non-hydrogen) atoms. The molecule has 0 atom stereocenters. The zero-order valence-corrected chi connectivity index (χ0v) is 20.7. The molecule has 0 amide bonds. The van der Waals surface area contributed by atoms with Gasteiger partial charge in [0.1, 0.15) is 5.52 Å². The molecule has 0 saturated carbocycles. The first kappa shape index (κ1) is 23.7. The molecule has 1 fully saturated rings. The van der Waals surface area contributed by atoms with Gasteiger partial charge in [0.05, 0.1) is 46.1 Å². The number of carbonyl (C=O) groups is 3. The third kappa shape index (κ3) is 3.78. The molecular weight excluding hydrogens is 486 g/mol. The first-order chi connectivity index (χ1) is 18.5. The highest BCUT2D eigenvalue weighted by molar-refractivity contribution is 6.29. The van der Waals surface area contributed by atoms with Crippen LogP contribution < -0.4 is 10.2 Å². The third-order valence-electron chi connectivity index (χ3n) is 7.26. The lowest BCUT2D eigenvalue weighted by Crippen LogP contribution is -2.37. The second-order valence-corrected chi connectivity index (χ2v) is 9.42. The van der Waals surface area contributed by atoms with E-state index in [0.717, 1.165) is 5.69 Å². The van der Waals surface area contributed by atoms with Gasteiger partial charge in [0.25, 0.3) is 0 Å². The minimum atomic E-state index is -1.08. The van der Waals surface area contributed by atoms with Gasteiger partial charge in [0, 0.05) is 24.2 Å².